The second-order valence-corrected chi connectivity index (χ2v) is 4.39. The lowest BCUT2D eigenvalue weighted by atomic mass is 10.1. The number of carbonyl (C=O) groups is 1. The smallest absolute Gasteiger partial charge is 0.359 e. The first-order chi connectivity index (χ1) is 9.88. The van der Waals surface area contributed by atoms with Crippen LogP contribution in [-0.4, -0.2) is 15.7 Å². The zero-order valence-electron chi connectivity index (χ0n) is 11.3. The van der Waals surface area contributed by atoms with Crippen LogP contribution >= 0.6 is 0 Å². The number of rotatable bonds is 3. The Morgan fingerprint density at radius 3 is 2.67 bits per heavy atom. The van der Waals surface area contributed by atoms with Crippen molar-refractivity contribution >= 4 is 5.97 Å². The Bertz CT molecular complexity index is 743. The number of aryl methyl sites for hydroxylation is 1. The molecule has 0 aliphatic carbocycles. The average Bonchev–Trinajstić information content (AvgIpc) is 2.44. The summed E-state index contributed by atoms with van der Waals surface area (Å²) in [7, 11) is 1.38. The summed E-state index contributed by atoms with van der Waals surface area (Å²) in [6.07, 6.45) is -0.993. The summed E-state index contributed by atoms with van der Waals surface area (Å²) >= 11 is 0. The third-order valence-corrected chi connectivity index (χ3v) is 2.85. The van der Waals surface area contributed by atoms with E-state index < -0.39 is 23.7 Å². The first-order valence-corrected chi connectivity index (χ1v) is 6.09. The number of halogens is 2. The number of aromatic nitrogens is 2. The van der Waals surface area contributed by atoms with Crippen LogP contribution in [0.4, 0.5) is 8.78 Å². The second kappa shape index (κ2) is 5.82. The molecule has 0 fully saturated rings. The molecular formula is C14H12F2N2O3. The first-order valence-electron chi connectivity index (χ1n) is 6.09. The summed E-state index contributed by atoms with van der Waals surface area (Å²) in [5.41, 5.74) is -0.551. The Labute approximate surface area is 118 Å². The van der Waals surface area contributed by atoms with Crippen molar-refractivity contribution in [3.05, 3.63) is 63.6 Å². The van der Waals surface area contributed by atoms with Gasteiger partial charge in [-0.05, 0) is 31.2 Å². The number of ether oxygens (including phenoxy) is 1. The summed E-state index contributed by atoms with van der Waals surface area (Å²) in [6.45, 7) is 1.41. The molecule has 0 saturated carbocycles. The predicted molar refractivity (Wildman–Crippen MR) is 69.7 cm³/mol. The van der Waals surface area contributed by atoms with Gasteiger partial charge in [-0.3, -0.25) is 4.79 Å². The van der Waals surface area contributed by atoms with E-state index in [2.05, 4.69) is 5.10 Å². The Kier molecular flexibility index (Phi) is 4.11. The van der Waals surface area contributed by atoms with Gasteiger partial charge in [-0.25, -0.2) is 18.3 Å². The lowest BCUT2D eigenvalue weighted by Crippen LogP contribution is -2.22. The standard InChI is InChI=1S/C14H12F2N2O3/c1-8(10-7-9(15)3-4-11(10)16)21-14(20)12-5-6-13(19)18(2)17-12/h3-8H,1-2H3/t8-/m0/s1. The molecule has 5 nitrogen and oxygen atoms in total. The van der Waals surface area contributed by atoms with Gasteiger partial charge < -0.3 is 4.74 Å². The van der Waals surface area contributed by atoms with E-state index in [9.17, 15) is 18.4 Å². The van der Waals surface area contributed by atoms with Gasteiger partial charge in [-0.2, -0.15) is 5.10 Å². The molecule has 0 spiro atoms. The minimum atomic E-state index is -0.993. The van der Waals surface area contributed by atoms with Gasteiger partial charge in [0.05, 0.1) is 0 Å². The van der Waals surface area contributed by atoms with E-state index >= 15 is 0 Å². The lowest BCUT2D eigenvalue weighted by molar-refractivity contribution is 0.0320. The summed E-state index contributed by atoms with van der Waals surface area (Å²) in [4.78, 5) is 23.0. The van der Waals surface area contributed by atoms with Gasteiger partial charge in [0.2, 0.25) is 0 Å². The fraction of sp³-hybridized carbons (Fsp3) is 0.214. The topological polar surface area (TPSA) is 61.2 Å². The van der Waals surface area contributed by atoms with Gasteiger partial charge >= 0.3 is 5.97 Å². The molecule has 0 bridgehead atoms. The molecule has 2 rings (SSSR count). The molecule has 0 amide bonds. The third kappa shape index (κ3) is 3.31. The van der Waals surface area contributed by atoms with Crippen molar-refractivity contribution in [1.29, 1.82) is 0 Å². The van der Waals surface area contributed by atoms with Crippen molar-refractivity contribution in [2.45, 2.75) is 13.0 Å². The summed E-state index contributed by atoms with van der Waals surface area (Å²) in [6, 6.07) is 5.26. The molecule has 0 radical (unpaired) electrons. The minimum absolute atomic E-state index is 0.0758. The van der Waals surface area contributed by atoms with Crippen molar-refractivity contribution in [2.75, 3.05) is 0 Å². The molecule has 0 aliphatic rings. The zero-order valence-corrected chi connectivity index (χ0v) is 11.3. The Morgan fingerprint density at radius 1 is 1.29 bits per heavy atom. The molecule has 21 heavy (non-hydrogen) atoms. The molecular weight excluding hydrogens is 282 g/mol. The van der Waals surface area contributed by atoms with Crippen LogP contribution < -0.4 is 5.56 Å². The highest BCUT2D eigenvalue weighted by molar-refractivity contribution is 5.87. The molecule has 0 aliphatic heterocycles. The maximum absolute atomic E-state index is 13.6. The van der Waals surface area contributed by atoms with Crippen molar-refractivity contribution in [2.24, 2.45) is 7.05 Å². The summed E-state index contributed by atoms with van der Waals surface area (Å²) in [5, 5.41) is 3.72. The zero-order chi connectivity index (χ0) is 15.6. The van der Waals surface area contributed by atoms with Crippen LogP contribution in [-0.2, 0) is 11.8 Å². The van der Waals surface area contributed by atoms with Gasteiger partial charge in [0.1, 0.15) is 17.7 Å². The van der Waals surface area contributed by atoms with Crippen molar-refractivity contribution in [3.63, 3.8) is 0 Å². The number of benzene rings is 1. The van der Waals surface area contributed by atoms with Crippen LogP contribution in [0.3, 0.4) is 0 Å². The van der Waals surface area contributed by atoms with Gasteiger partial charge in [-0.1, -0.05) is 0 Å². The molecule has 1 aromatic heterocycles. The molecule has 1 aromatic carbocycles. The van der Waals surface area contributed by atoms with Crippen molar-refractivity contribution in [3.8, 4) is 0 Å². The van der Waals surface area contributed by atoms with Gasteiger partial charge in [0.15, 0.2) is 5.69 Å². The number of hydrogen-bond donors (Lipinski definition) is 0. The van der Waals surface area contributed by atoms with Crippen LogP contribution in [0.5, 0.6) is 0 Å². The highest BCUT2D eigenvalue weighted by atomic mass is 19.1. The number of hydrogen-bond acceptors (Lipinski definition) is 4. The summed E-state index contributed by atoms with van der Waals surface area (Å²) in [5.74, 6) is -2.14. The average molecular weight is 294 g/mol. The normalized spacial score (nSPS) is 12.0. The monoisotopic (exact) mass is 294 g/mol. The Morgan fingerprint density at radius 2 is 2.00 bits per heavy atom. The number of nitrogens with zero attached hydrogens (tertiary/aromatic N) is 2. The van der Waals surface area contributed by atoms with E-state index in [4.69, 9.17) is 4.74 Å². The second-order valence-electron chi connectivity index (χ2n) is 4.39. The fourth-order valence-electron chi connectivity index (χ4n) is 1.72. The number of carbonyl (C=O) groups excluding carboxylic acids is 1. The third-order valence-electron chi connectivity index (χ3n) is 2.85. The maximum Gasteiger partial charge on any atom is 0.359 e. The lowest BCUT2D eigenvalue weighted by Gasteiger charge is -2.14. The van der Waals surface area contributed by atoms with Crippen LogP contribution in [0.25, 0.3) is 0 Å². The molecule has 0 saturated heterocycles. The van der Waals surface area contributed by atoms with E-state index in [-0.39, 0.29) is 16.8 Å². The molecule has 1 atom stereocenters. The van der Waals surface area contributed by atoms with Crippen LogP contribution in [0.15, 0.2) is 35.1 Å². The summed E-state index contributed by atoms with van der Waals surface area (Å²) < 4.78 is 32.7. The molecule has 0 N–H and O–H groups in total. The molecule has 110 valence electrons. The SMILES string of the molecule is C[C@H](OC(=O)c1ccc(=O)n(C)n1)c1cc(F)ccc1F. The maximum atomic E-state index is 13.6. The highest BCUT2D eigenvalue weighted by Crippen LogP contribution is 2.22. The number of esters is 1. The molecule has 2 aromatic rings. The highest BCUT2D eigenvalue weighted by Gasteiger charge is 2.19. The van der Waals surface area contributed by atoms with Crippen molar-refractivity contribution in [1.82, 2.24) is 9.78 Å². The predicted octanol–water partition coefficient (Wildman–Crippen LogP) is 1.98. The van der Waals surface area contributed by atoms with Crippen molar-refractivity contribution < 1.29 is 18.3 Å². The van der Waals surface area contributed by atoms with Crippen LogP contribution in [0.2, 0.25) is 0 Å². The van der Waals surface area contributed by atoms with E-state index in [1.165, 1.54) is 20.0 Å². The molecule has 7 heteroatoms. The van der Waals surface area contributed by atoms with Gasteiger partial charge in [0, 0.05) is 18.7 Å². The van der Waals surface area contributed by atoms with Crippen LogP contribution in [0, 0.1) is 11.6 Å². The van der Waals surface area contributed by atoms with E-state index in [1.807, 2.05) is 0 Å². The largest absolute Gasteiger partial charge is 0.453 e. The molecule has 0 unspecified atom stereocenters. The van der Waals surface area contributed by atoms with Crippen LogP contribution in [0.1, 0.15) is 29.1 Å². The molecule has 1 heterocycles. The first kappa shape index (κ1) is 14.8. The Hall–Kier alpha value is -2.57. The van der Waals surface area contributed by atoms with Gasteiger partial charge in [0.25, 0.3) is 5.56 Å². The van der Waals surface area contributed by atoms with E-state index in [0.29, 0.717) is 0 Å². The van der Waals surface area contributed by atoms with E-state index in [0.717, 1.165) is 28.9 Å². The van der Waals surface area contributed by atoms with Gasteiger partial charge in [-0.15, -0.1) is 0 Å². The minimum Gasteiger partial charge on any atom is -0.453 e. The fourth-order valence-corrected chi connectivity index (χ4v) is 1.72. The quantitative estimate of drug-likeness (QED) is 0.812. The van der Waals surface area contributed by atoms with E-state index in [1.54, 1.807) is 0 Å². The Balaban J connectivity index is 2.20.